The largest absolute Gasteiger partial charge is 0.294 e. The van der Waals surface area contributed by atoms with E-state index in [9.17, 15) is 4.79 Å². The minimum absolute atomic E-state index is 0.0160. The van der Waals surface area contributed by atoms with E-state index in [4.69, 9.17) is 5.26 Å². The molecule has 0 aromatic carbocycles. The zero-order chi connectivity index (χ0) is 8.97. The van der Waals surface area contributed by atoms with Gasteiger partial charge in [0.05, 0.1) is 5.56 Å². The summed E-state index contributed by atoms with van der Waals surface area (Å²) < 4.78 is 1.68. The highest BCUT2D eigenvalue weighted by Gasteiger charge is 2.04. The van der Waals surface area contributed by atoms with Crippen molar-refractivity contribution in [2.75, 3.05) is 0 Å². The predicted octanol–water partition coefficient (Wildman–Crippen LogP) is 0.700. The highest BCUT2D eigenvalue weighted by molar-refractivity contribution is 5.93. The van der Waals surface area contributed by atoms with Gasteiger partial charge in [-0.25, -0.2) is 0 Å². The number of carbonyl (C=O) groups excluding carboxylic acids is 1. The fraction of sp³-hybridized carbons (Fsp3) is 0.222. The molecule has 0 aliphatic rings. The van der Waals surface area contributed by atoms with Crippen LogP contribution in [0.25, 0.3) is 0 Å². The molecule has 3 heteroatoms. The van der Waals surface area contributed by atoms with Crippen LogP contribution in [0.4, 0.5) is 0 Å². The lowest BCUT2D eigenvalue weighted by Crippen LogP contribution is -2.32. The smallest absolute Gasteiger partial charge is 0.233 e. The molecule has 1 heterocycles. The van der Waals surface area contributed by atoms with Crippen LogP contribution in [0.3, 0.4) is 0 Å². The molecule has 0 fully saturated rings. The van der Waals surface area contributed by atoms with Crippen LogP contribution in [-0.4, -0.2) is 5.78 Å². The maximum Gasteiger partial charge on any atom is 0.233 e. The number of ketones is 1. The van der Waals surface area contributed by atoms with E-state index in [1.165, 1.54) is 6.92 Å². The van der Waals surface area contributed by atoms with Crippen molar-refractivity contribution in [3.63, 3.8) is 0 Å². The van der Waals surface area contributed by atoms with Crippen LogP contribution >= 0.6 is 0 Å². The van der Waals surface area contributed by atoms with Crippen molar-refractivity contribution in [2.45, 2.75) is 13.5 Å². The number of nitrogens with zero attached hydrogens (tertiary/aromatic N) is 2. The molecule has 1 aromatic heterocycles. The Balaban J connectivity index is 2.97. The minimum atomic E-state index is 0.0160. The van der Waals surface area contributed by atoms with E-state index in [-0.39, 0.29) is 12.3 Å². The Kier molecular flexibility index (Phi) is 2.54. The first kappa shape index (κ1) is 8.41. The Morgan fingerprint density at radius 1 is 1.75 bits per heavy atom. The number of nitriles is 1. The number of pyridine rings is 1. The van der Waals surface area contributed by atoms with Gasteiger partial charge in [-0.15, -0.1) is 0 Å². The van der Waals surface area contributed by atoms with Crippen LogP contribution in [-0.2, 0) is 6.54 Å². The molecule has 3 nitrogen and oxygen atoms in total. The third-order valence-electron chi connectivity index (χ3n) is 1.52. The zero-order valence-electron chi connectivity index (χ0n) is 6.82. The van der Waals surface area contributed by atoms with E-state index < -0.39 is 0 Å². The standard InChI is InChI=1S/C9H9N2O/c1-8(12)9-3-2-5-11(7-9)6-4-10/h2-3,5,7H,6H2,1H3/q+1. The normalized spacial score (nSPS) is 9.00. The van der Waals surface area contributed by atoms with Crippen LogP contribution in [0.2, 0.25) is 0 Å². The third-order valence-corrected chi connectivity index (χ3v) is 1.52. The summed E-state index contributed by atoms with van der Waals surface area (Å²) in [6, 6.07) is 5.49. The lowest BCUT2D eigenvalue weighted by Gasteiger charge is -1.92. The van der Waals surface area contributed by atoms with Crippen molar-refractivity contribution in [2.24, 2.45) is 0 Å². The first-order chi connectivity index (χ1) is 5.74. The fourth-order valence-corrected chi connectivity index (χ4v) is 0.910. The van der Waals surface area contributed by atoms with Crippen molar-refractivity contribution in [3.05, 3.63) is 30.1 Å². The van der Waals surface area contributed by atoms with Gasteiger partial charge in [-0.1, -0.05) is 0 Å². The monoisotopic (exact) mass is 161 g/mol. The van der Waals surface area contributed by atoms with Gasteiger partial charge in [-0.05, 0) is 13.0 Å². The van der Waals surface area contributed by atoms with Crippen molar-refractivity contribution >= 4 is 5.78 Å². The van der Waals surface area contributed by atoms with Gasteiger partial charge in [0.2, 0.25) is 6.54 Å². The zero-order valence-corrected chi connectivity index (χ0v) is 6.82. The minimum Gasteiger partial charge on any atom is -0.294 e. The molecular weight excluding hydrogens is 152 g/mol. The molecule has 0 amide bonds. The van der Waals surface area contributed by atoms with Gasteiger partial charge in [0.25, 0.3) is 0 Å². The molecule has 0 saturated heterocycles. The summed E-state index contributed by atoms with van der Waals surface area (Å²) in [5.74, 6) is 0.0160. The molecule has 0 spiro atoms. The van der Waals surface area contributed by atoms with Gasteiger partial charge >= 0.3 is 0 Å². The van der Waals surface area contributed by atoms with Crippen LogP contribution in [0.1, 0.15) is 17.3 Å². The molecule has 1 aromatic rings. The summed E-state index contributed by atoms with van der Waals surface area (Å²) in [4.78, 5) is 10.9. The average Bonchev–Trinajstić information content (AvgIpc) is 2.05. The lowest BCUT2D eigenvalue weighted by atomic mass is 10.2. The van der Waals surface area contributed by atoms with E-state index in [1.807, 2.05) is 6.07 Å². The summed E-state index contributed by atoms with van der Waals surface area (Å²) in [5, 5.41) is 8.39. The molecule has 1 rings (SSSR count). The maximum atomic E-state index is 10.9. The lowest BCUT2D eigenvalue weighted by molar-refractivity contribution is -0.685. The molecule has 0 atom stereocenters. The quantitative estimate of drug-likeness (QED) is 0.473. The van der Waals surface area contributed by atoms with Crippen molar-refractivity contribution < 1.29 is 9.36 Å². The van der Waals surface area contributed by atoms with Crippen molar-refractivity contribution in [1.82, 2.24) is 0 Å². The molecule has 0 aliphatic heterocycles. The SMILES string of the molecule is CC(=O)c1ccc[n+](CC#N)c1. The Bertz CT molecular complexity index is 339. The van der Waals surface area contributed by atoms with Crippen LogP contribution in [0, 0.1) is 11.3 Å². The summed E-state index contributed by atoms with van der Waals surface area (Å²) in [5.41, 5.74) is 0.632. The molecule has 60 valence electrons. The second-order valence-electron chi connectivity index (χ2n) is 2.48. The fourth-order valence-electron chi connectivity index (χ4n) is 0.910. The predicted molar refractivity (Wildman–Crippen MR) is 42.3 cm³/mol. The van der Waals surface area contributed by atoms with Gasteiger partial charge < -0.3 is 0 Å². The van der Waals surface area contributed by atoms with Gasteiger partial charge in [-0.3, -0.25) is 4.79 Å². The van der Waals surface area contributed by atoms with E-state index in [0.29, 0.717) is 5.56 Å². The van der Waals surface area contributed by atoms with Gasteiger partial charge in [0.1, 0.15) is 6.07 Å². The molecular formula is C9H9N2O+. The van der Waals surface area contributed by atoms with Crippen LogP contribution in [0.5, 0.6) is 0 Å². The maximum absolute atomic E-state index is 10.9. The van der Waals surface area contributed by atoms with Crippen molar-refractivity contribution in [3.8, 4) is 6.07 Å². The molecule has 0 unspecified atom stereocenters. The number of rotatable bonds is 2. The number of Topliss-reactive ketones (excluding diaryl/α,β-unsaturated/α-hetero) is 1. The van der Waals surface area contributed by atoms with E-state index >= 15 is 0 Å². The number of aromatic nitrogens is 1. The summed E-state index contributed by atoms with van der Waals surface area (Å²) in [6.45, 7) is 1.78. The number of carbonyl (C=O) groups is 1. The second kappa shape index (κ2) is 3.63. The average molecular weight is 161 g/mol. The Morgan fingerprint density at radius 3 is 3.08 bits per heavy atom. The third kappa shape index (κ3) is 1.89. The molecule has 0 saturated carbocycles. The summed E-state index contributed by atoms with van der Waals surface area (Å²) in [6.07, 6.45) is 3.43. The molecule has 0 aliphatic carbocycles. The van der Waals surface area contributed by atoms with E-state index in [2.05, 4.69) is 0 Å². The Morgan fingerprint density at radius 2 is 2.50 bits per heavy atom. The number of hydrogen-bond donors (Lipinski definition) is 0. The second-order valence-corrected chi connectivity index (χ2v) is 2.48. The van der Waals surface area contributed by atoms with Crippen LogP contribution < -0.4 is 4.57 Å². The number of hydrogen-bond acceptors (Lipinski definition) is 2. The van der Waals surface area contributed by atoms with E-state index in [0.717, 1.165) is 0 Å². The first-order valence-corrected chi connectivity index (χ1v) is 3.61. The van der Waals surface area contributed by atoms with Gasteiger partial charge in [0, 0.05) is 6.07 Å². The van der Waals surface area contributed by atoms with Gasteiger partial charge in [-0.2, -0.15) is 9.83 Å². The molecule has 0 bridgehead atoms. The first-order valence-electron chi connectivity index (χ1n) is 3.61. The highest BCUT2D eigenvalue weighted by Crippen LogP contribution is 1.94. The van der Waals surface area contributed by atoms with Crippen LogP contribution in [0.15, 0.2) is 24.5 Å². The van der Waals surface area contributed by atoms with Gasteiger partial charge in [0.15, 0.2) is 18.2 Å². The molecule has 0 N–H and O–H groups in total. The summed E-state index contributed by atoms with van der Waals surface area (Å²) >= 11 is 0. The highest BCUT2D eigenvalue weighted by atomic mass is 16.1. The molecule has 0 radical (unpaired) electrons. The Labute approximate surface area is 70.9 Å². The Hall–Kier alpha value is -1.69. The van der Waals surface area contributed by atoms with Crippen molar-refractivity contribution in [1.29, 1.82) is 5.26 Å². The van der Waals surface area contributed by atoms with E-state index in [1.54, 1.807) is 29.1 Å². The summed E-state index contributed by atoms with van der Waals surface area (Å²) in [7, 11) is 0. The topological polar surface area (TPSA) is 44.7 Å². The molecule has 12 heavy (non-hydrogen) atoms.